The van der Waals surface area contributed by atoms with Gasteiger partial charge in [0.25, 0.3) is 5.56 Å². The fourth-order valence-electron chi connectivity index (χ4n) is 4.75. The molecule has 0 spiro atoms. The third kappa shape index (κ3) is 3.51. The third-order valence-corrected chi connectivity index (χ3v) is 7.52. The maximum atomic E-state index is 15.0. The van der Waals surface area contributed by atoms with Crippen LogP contribution in [0.2, 0.25) is 5.02 Å². The van der Waals surface area contributed by atoms with Crippen molar-refractivity contribution < 1.29 is 13.0 Å². The van der Waals surface area contributed by atoms with Crippen LogP contribution in [0.3, 0.4) is 0 Å². The van der Waals surface area contributed by atoms with Gasteiger partial charge in [0.05, 0.1) is 44.4 Å². The van der Waals surface area contributed by atoms with Gasteiger partial charge >= 0.3 is 0 Å². The molecule has 1 saturated heterocycles. The molecule has 3 atom stereocenters. The van der Waals surface area contributed by atoms with Crippen molar-refractivity contribution in [1.82, 2.24) is 29.1 Å². The van der Waals surface area contributed by atoms with Crippen molar-refractivity contribution in [2.45, 2.75) is 23.5 Å². The summed E-state index contributed by atoms with van der Waals surface area (Å²) in [5.41, 5.74) is 0.279. The number of anilines is 1. The Hall–Kier alpha value is -3.64. The second-order valence-corrected chi connectivity index (χ2v) is 10.2. The summed E-state index contributed by atoms with van der Waals surface area (Å²) in [5, 5.41) is 5.33. The molecule has 5 aromatic rings. The van der Waals surface area contributed by atoms with Crippen LogP contribution in [0.1, 0.15) is 18.3 Å². The van der Waals surface area contributed by atoms with E-state index in [0.717, 1.165) is 0 Å². The molecule has 1 fully saturated rings. The van der Waals surface area contributed by atoms with Gasteiger partial charge in [-0.15, -0.1) is 0 Å². The van der Waals surface area contributed by atoms with Crippen LogP contribution in [0.5, 0.6) is 0 Å². The van der Waals surface area contributed by atoms with Crippen molar-refractivity contribution in [2.75, 3.05) is 17.7 Å². The number of H-pyrrole nitrogens is 1. The number of halogens is 3. The molecule has 0 radical (unpaired) electrons. The zero-order valence-corrected chi connectivity index (χ0v) is 20.3. The van der Waals surface area contributed by atoms with Crippen LogP contribution in [0.15, 0.2) is 58.7 Å². The highest BCUT2D eigenvalue weighted by Crippen LogP contribution is 2.40. The highest BCUT2D eigenvalue weighted by molar-refractivity contribution is 7.84. The van der Waals surface area contributed by atoms with E-state index in [9.17, 15) is 13.4 Å². The lowest BCUT2D eigenvalue weighted by molar-refractivity contribution is 0.354. The predicted molar refractivity (Wildman–Crippen MR) is 132 cm³/mol. The standard InChI is InChI=1S/C23H18ClF2N7O2S/c1-36(35)17-9-27-20-18(17)22(29-11-28-20)31-10-13(26)8-16(31)21-30-32-6-5-15(24)19(32)23(34)33(21)14-4-2-3-12(25)7-14/h2-7,9,11,13,16H,8,10H2,1H3,(H,27,28,29)/t13-,16-,36?/m0/s1. The molecular weight excluding hydrogens is 512 g/mol. The Labute approximate surface area is 209 Å². The first kappa shape index (κ1) is 22.8. The zero-order chi connectivity index (χ0) is 25.1. The van der Waals surface area contributed by atoms with E-state index in [1.807, 2.05) is 0 Å². The van der Waals surface area contributed by atoms with Crippen molar-refractivity contribution >= 4 is 44.8 Å². The third-order valence-electron chi connectivity index (χ3n) is 6.27. The van der Waals surface area contributed by atoms with Crippen molar-refractivity contribution in [1.29, 1.82) is 0 Å². The van der Waals surface area contributed by atoms with Crippen LogP contribution in [0.4, 0.5) is 14.6 Å². The van der Waals surface area contributed by atoms with Crippen molar-refractivity contribution in [2.24, 2.45) is 0 Å². The Morgan fingerprint density at radius 1 is 1.25 bits per heavy atom. The molecule has 0 aliphatic carbocycles. The highest BCUT2D eigenvalue weighted by Gasteiger charge is 2.39. The van der Waals surface area contributed by atoms with Crippen LogP contribution >= 0.6 is 11.6 Å². The highest BCUT2D eigenvalue weighted by atomic mass is 35.5. The molecule has 36 heavy (non-hydrogen) atoms. The topological polar surface area (TPSA) is 101 Å². The molecule has 0 amide bonds. The van der Waals surface area contributed by atoms with Crippen LogP contribution in [0, 0.1) is 5.82 Å². The molecule has 1 N–H and O–H groups in total. The molecule has 13 heteroatoms. The lowest BCUT2D eigenvalue weighted by Crippen LogP contribution is -2.33. The number of nitrogens with zero attached hydrogens (tertiary/aromatic N) is 6. The van der Waals surface area contributed by atoms with Crippen molar-refractivity contribution in [3.8, 4) is 5.69 Å². The maximum absolute atomic E-state index is 15.0. The van der Waals surface area contributed by atoms with E-state index < -0.39 is 34.4 Å². The minimum Gasteiger partial charge on any atom is -0.345 e. The van der Waals surface area contributed by atoms with Gasteiger partial charge in [0.1, 0.15) is 35.3 Å². The summed E-state index contributed by atoms with van der Waals surface area (Å²) >= 11 is 6.26. The molecule has 4 aromatic heterocycles. The number of benzene rings is 1. The van der Waals surface area contributed by atoms with E-state index in [2.05, 4.69) is 20.1 Å². The largest absolute Gasteiger partial charge is 0.345 e. The Kier molecular flexibility index (Phi) is 5.38. The van der Waals surface area contributed by atoms with Gasteiger partial charge in [0.15, 0.2) is 5.82 Å². The summed E-state index contributed by atoms with van der Waals surface area (Å²) in [4.78, 5) is 27.4. The Morgan fingerprint density at radius 2 is 2.08 bits per heavy atom. The van der Waals surface area contributed by atoms with Gasteiger partial charge in [-0.1, -0.05) is 17.7 Å². The summed E-state index contributed by atoms with van der Waals surface area (Å²) in [6, 6.07) is 6.30. The fraction of sp³-hybridized carbons (Fsp3) is 0.217. The molecule has 5 heterocycles. The number of aromatic nitrogens is 6. The number of hydrogen-bond donors (Lipinski definition) is 1. The van der Waals surface area contributed by atoms with Gasteiger partial charge in [-0.2, -0.15) is 5.10 Å². The minimum atomic E-state index is -1.37. The van der Waals surface area contributed by atoms with Crippen molar-refractivity contribution in [3.63, 3.8) is 0 Å². The van der Waals surface area contributed by atoms with Gasteiger partial charge in [-0.05, 0) is 24.3 Å². The van der Waals surface area contributed by atoms with E-state index in [4.69, 9.17) is 11.6 Å². The first-order valence-electron chi connectivity index (χ1n) is 11.0. The number of alkyl halides is 1. The number of nitrogens with one attached hydrogen (secondary N) is 1. The second-order valence-electron chi connectivity index (χ2n) is 8.46. The monoisotopic (exact) mass is 529 g/mol. The summed E-state index contributed by atoms with van der Waals surface area (Å²) < 4.78 is 44.2. The summed E-state index contributed by atoms with van der Waals surface area (Å²) in [7, 11) is -1.37. The van der Waals surface area contributed by atoms with Gasteiger partial charge < -0.3 is 9.88 Å². The molecular formula is C23H18ClF2N7O2S. The van der Waals surface area contributed by atoms with E-state index in [-0.39, 0.29) is 35.0 Å². The molecule has 1 aliphatic rings. The summed E-state index contributed by atoms with van der Waals surface area (Å²) in [6.07, 6.45) is 4.73. The lowest BCUT2D eigenvalue weighted by atomic mass is 10.1. The van der Waals surface area contributed by atoms with Crippen LogP contribution in [0.25, 0.3) is 22.2 Å². The smallest absolute Gasteiger partial charge is 0.284 e. The molecule has 0 bridgehead atoms. The minimum absolute atomic E-state index is 0.00271. The Balaban J connectivity index is 1.62. The number of rotatable bonds is 4. The maximum Gasteiger partial charge on any atom is 0.284 e. The molecule has 184 valence electrons. The fourth-order valence-corrected chi connectivity index (χ4v) is 5.68. The SMILES string of the molecule is CS(=O)c1c[nH]c2ncnc(N3C[C@@H](F)C[C@H]3c3nn4ccc(Cl)c4c(=O)n3-c3cccc(F)c3)c12. The van der Waals surface area contributed by atoms with Crippen LogP contribution in [-0.4, -0.2) is 52.3 Å². The molecule has 1 aliphatic heterocycles. The molecule has 9 nitrogen and oxygen atoms in total. The summed E-state index contributed by atoms with van der Waals surface area (Å²) in [6.45, 7) is -0.0404. The van der Waals surface area contributed by atoms with Crippen molar-refractivity contribution in [3.05, 3.63) is 76.1 Å². The number of hydrogen-bond acceptors (Lipinski definition) is 6. The molecule has 0 saturated carbocycles. The van der Waals surface area contributed by atoms with E-state index >= 15 is 4.39 Å². The average molecular weight is 530 g/mol. The lowest BCUT2D eigenvalue weighted by Gasteiger charge is -2.27. The van der Waals surface area contributed by atoms with E-state index in [1.54, 1.807) is 17.2 Å². The first-order valence-corrected chi connectivity index (χ1v) is 12.9. The quantitative estimate of drug-likeness (QED) is 0.382. The van der Waals surface area contributed by atoms with E-state index in [1.165, 1.54) is 52.1 Å². The Bertz CT molecular complexity index is 1730. The molecule has 1 aromatic carbocycles. The van der Waals surface area contributed by atoms with Gasteiger partial charge in [0.2, 0.25) is 0 Å². The molecule has 1 unspecified atom stereocenters. The zero-order valence-electron chi connectivity index (χ0n) is 18.7. The number of aromatic amines is 1. The average Bonchev–Trinajstić information content (AvgIpc) is 3.55. The Morgan fingerprint density at radius 3 is 2.86 bits per heavy atom. The second kappa shape index (κ2) is 8.49. The predicted octanol–water partition coefficient (Wildman–Crippen LogP) is 3.58. The molecule has 6 rings (SSSR count). The number of fused-ring (bicyclic) bond motifs is 2. The van der Waals surface area contributed by atoms with Gasteiger partial charge in [0, 0.05) is 25.1 Å². The summed E-state index contributed by atoms with van der Waals surface area (Å²) in [5.74, 6) is 0.00695. The van der Waals surface area contributed by atoms with Crippen LogP contribution < -0.4 is 10.5 Å². The first-order chi connectivity index (χ1) is 17.3. The van der Waals surface area contributed by atoms with Gasteiger partial charge in [-0.3, -0.25) is 13.6 Å². The van der Waals surface area contributed by atoms with E-state index in [0.29, 0.717) is 21.7 Å². The normalized spacial score (nSPS) is 18.9. The van der Waals surface area contributed by atoms with Crippen LogP contribution in [-0.2, 0) is 10.8 Å². The van der Waals surface area contributed by atoms with Gasteiger partial charge in [-0.25, -0.2) is 23.3 Å².